The van der Waals surface area contributed by atoms with Crippen LogP contribution < -0.4 is 10.1 Å². The molecule has 88 valence electrons. The number of methoxy groups -OCH3 is 1. The van der Waals surface area contributed by atoms with E-state index in [2.05, 4.69) is 30.4 Å². The Morgan fingerprint density at radius 1 is 1.50 bits per heavy atom. The van der Waals surface area contributed by atoms with Crippen LogP contribution in [0.1, 0.15) is 23.3 Å². The summed E-state index contributed by atoms with van der Waals surface area (Å²) in [4.78, 5) is 0. The van der Waals surface area contributed by atoms with E-state index in [9.17, 15) is 0 Å². The van der Waals surface area contributed by atoms with Crippen LogP contribution in [0.25, 0.3) is 0 Å². The topological polar surface area (TPSA) is 21.3 Å². The highest BCUT2D eigenvalue weighted by Crippen LogP contribution is 2.43. The Morgan fingerprint density at radius 2 is 2.31 bits per heavy atom. The Bertz CT molecular complexity index is 365. The fourth-order valence-electron chi connectivity index (χ4n) is 2.10. The van der Waals surface area contributed by atoms with Gasteiger partial charge in [-0.25, -0.2) is 0 Å². The van der Waals surface area contributed by atoms with E-state index in [4.69, 9.17) is 4.74 Å². The summed E-state index contributed by atoms with van der Waals surface area (Å²) in [6.07, 6.45) is 1.03. The second-order valence-electron chi connectivity index (χ2n) is 4.07. The molecule has 2 rings (SSSR count). The molecule has 1 N–H and O–H groups in total. The van der Waals surface area contributed by atoms with Gasteiger partial charge in [0, 0.05) is 17.0 Å². The zero-order chi connectivity index (χ0) is 11.5. The van der Waals surface area contributed by atoms with Gasteiger partial charge >= 0.3 is 0 Å². The Kier molecular flexibility index (Phi) is 3.77. The summed E-state index contributed by atoms with van der Waals surface area (Å²) in [6, 6.07) is 7.21. The van der Waals surface area contributed by atoms with Crippen LogP contribution in [0.5, 0.6) is 5.75 Å². The van der Waals surface area contributed by atoms with Gasteiger partial charge in [0.25, 0.3) is 0 Å². The summed E-state index contributed by atoms with van der Waals surface area (Å²) in [5.41, 5.74) is 2.73. The molecule has 1 aromatic rings. The molecule has 1 saturated heterocycles. The summed E-state index contributed by atoms with van der Waals surface area (Å²) in [5.74, 6) is 2.23. The lowest BCUT2D eigenvalue weighted by molar-refractivity contribution is 0.409. The molecular formula is C13H19NOS. The third-order valence-electron chi connectivity index (χ3n) is 3.21. The lowest BCUT2D eigenvalue weighted by atomic mass is 10.0. The van der Waals surface area contributed by atoms with Crippen molar-refractivity contribution in [1.29, 1.82) is 0 Å². The van der Waals surface area contributed by atoms with Crippen molar-refractivity contribution in [2.45, 2.75) is 24.6 Å². The van der Waals surface area contributed by atoms with E-state index in [1.807, 2.05) is 18.8 Å². The van der Waals surface area contributed by atoms with E-state index in [1.54, 1.807) is 7.11 Å². The van der Waals surface area contributed by atoms with Gasteiger partial charge in [0.15, 0.2) is 0 Å². The van der Waals surface area contributed by atoms with Gasteiger partial charge in [0.1, 0.15) is 5.75 Å². The number of likely N-dealkylation sites (N-methyl/N-ethyl adjacent to an activating group) is 1. The van der Waals surface area contributed by atoms with Gasteiger partial charge in [0.05, 0.1) is 7.11 Å². The van der Waals surface area contributed by atoms with Crippen molar-refractivity contribution in [1.82, 2.24) is 5.32 Å². The highest BCUT2D eigenvalue weighted by atomic mass is 32.2. The first-order valence-corrected chi connectivity index (χ1v) is 6.80. The standard InChI is InChI=1S/C13H19NOS/c1-4-9-7-10(5-6-12(9)15-3)13-11(14-2)8-16-13/h5-7,11,13-14H,4,8H2,1-3H3. The smallest absolute Gasteiger partial charge is 0.122 e. The third-order valence-corrected chi connectivity index (χ3v) is 4.72. The molecule has 0 radical (unpaired) electrons. The summed E-state index contributed by atoms with van der Waals surface area (Å²) in [7, 11) is 3.78. The van der Waals surface area contributed by atoms with E-state index >= 15 is 0 Å². The molecule has 1 aromatic carbocycles. The molecule has 2 nitrogen and oxygen atoms in total. The fourth-order valence-corrected chi connectivity index (χ4v) is 3.32. The highest BCUT2D eigenvalue weighted by Gasteiger charge is 2.31. The minimum absolute atomic E-state index is 0.612. The molecule has 0 bridgehead atoms. The summed E-state index contributed by atoms with van der Waals surface area (Å²) in [6.45, 7) is 2.17. The molecule has 0 spiro atoms. The first-order valence-electron chi connectivity index (χ1n) is 5.75. The van der Waals surface area contributed by atoms with E-state index < -0.39 is 0 Å². The maximum absolute atomic E-state index is 5.35. The third kappa shape index (κ3) is 2.06. The minimum atomic E-state index is 0.612. The van der Waals surface area contributed by atoms with E-state index in [0.717, 1.165) is 12.2 Å². The van der Waals surface area contributed by atoms with Gasteiger partial charge in [-0.2, -0.15) is 11.8 Å². The Hall–Kier alpha value is -0.670. The van der Waals surface area contributed by atoms with Crippen molar-refractivity contribution < 1.29 is 4.74 Å². The van der Waals surface area contributed by atoms with Crippen LogP contribution in [0.2, 0.25) is 0 Å². The maximum atomic E-state index is 5.35. The Labute approximate surface area is 102 Å². The summed E-state index contributed by atoms with van der Waals surface area (Å²) < 4.78 is 5.35. The zero-order valence-electron chi connectivity index (χ0n) is 10.1. The molecule has 2 unspecified atom stereocenters. The predicted octanol–water partition coefficient (Wildman–Crippen LogP) is 2.63. The van der Waals surface area contributed by atoms with Gasteiger partial charge in [-0.05, 0) is 30.7 Å². The molecule has 3 heteroatoms. The lowest BCUT2D eigenvalue weighted by Gasteiger charge is -2.36. The number of hydrogen-bond acceptors (Lipinski definition) is 3. The van der Waals surface area contributed by atoms with Gasteiger partial charge < -0.3 is 10.1 Å². The van der Waals surface area contributed by atoms with Crippen molar-refractivity contribution in [3.05, 3.63) is 29.3 Å². The first kappa shape index (κ1) is 11.8. The van der Waals surface area contributed by atoms with Crippen molar-refractivity contribution >= 4 is 11.8 Å². The normalized spacial score (nSPS) is 23.9. The van der Waals surface area contributed by atoms with Gasteiger partial charge in [-0.3, -0.25) is 0 Å². The number of hydrogen-bond donors (Lipinski definition) is 1. The number of thioether (sulfide) groups is 1. The van der Waals surface area contributed by atoms with Crippen molar-refractivity contribution in [3.8, 4) is 5.75 Å². The zero-order valence-corrected chi connectivity index (χ0v) is 10.9. The molecule has 0 amide bonds. The first-order chi connectivity index (χ1) is 7.80. The number of rotatable bonds is 4. The van der Waals surface area contributed by atoms with Crippen LogP contribution in [0, 0.1) is 0 Å². The second-order valence-corrected chi connectivity index (χ2v) is 5.25. The molecule has 2 atom stereocenters. The largest absolute Gasteiger partial charge is 0.496 e. The quantitative estimate of drug-likeness (QED) is 0.870. The van der Waals surface area contributed by atoms with Crippen molar-refractivity contribution in [2.75, 3.05) is 19.9 Å². The van der Waals surface area contributed by atoms with Crippen LogP contribution in [-0.2, 0) is 6.42 Å². The number of nitrogens with one attached hydrogen (secondary N) is 1. The number of benzene rings is 1. The van der Waals surface area contributed by atoms with Gasteiger partial charge in [-0.1, -0.05) is 19.1 Å². The van der Waals surface area contributed by atoms with Crippen LogP contribution in [-0.4, -0.2) is 26.0 Å². The molecule has 1 heterocycles. The fraction of sp³-hybridized carbons (Fsp3) is 0.538. The molecular weight excluding hydrogens is 218 g/mol. The Morgan fingerprint density at radius 3 is 2.81 bits per heavy atom. The monoisotopic (exact) mass is 237 g/mol. The molecule has 1 fully saturated rings. The van der Waals surface area contributed by atoms with Gasteiger partial charge in [0.2, 0.25) is 0 Å². The predicted molar refractivity (Wildman–Crippen MR) is 70.4 cm³/mol. The van der Waals surface area contributed by atoms with E-state index in [0.29, 0.717) is 11.3 Å². The summed E-state index contributed by atoms with van der Waals surface area (Å²) >= 11 is 2.02. The number of aryl methyl sites for hydroxylation is 1. The molecule has 16 heavy (non-hydrogen) atoms. The highest BCUT2D eigenvalue weighted by molar-refractivity contribution is 8.01. The van der Waals surface area contributed by atoms with Crippen molar-refractivity contribution in [2.24, 2.45) is 0 Å². The number of ether oxygens (including phenoxy) is 1. The van der Waals surface area contributed by atoms with Crippen LogP contribution in [0.4, 0.5) is 0 Å². The average Bonchev–Trinajstić information content (AvgIpc) is 2.28. The van der Waals surface area contributed by atoms with E-state index in [1.165, 1.54) is 16.9 Å². The van der Waals surface area contributed by atoms with E-state index in [-0.39, 0.29) is 0 Å². The minimum Gasteiger partial charge on any atom is -0.496 e. The van der Waals surface area contributed by atoms with Crippen LogP contribution in [0.15, 0.2) is 18.2 Å². The lowest BCUT2D eigenvalue weighted by Crippen LogP contribution is -2.40. The van der Waals surface area contributed by atoms with Crippen LogP contribution >= 0.6 is 11.8 Å². The van der Waals surface area contributed by atoms with Crippen LogP contribution in [0.3, 0.4) is 0 Å². The molecule has 0 saturated carbocycles. The SMILES string of the molecule is CCc1cc(C2SCC2NC)ccc1OC. The average molecular weight is 237 g/mol. The molecule has 1 aliphatic rings. The molecule has 0 aromatic heterocycles. The summed E-state index contributed by atoms with van der Waals surface area (Å²) in [5, 5.41) is 3.98. The van der Waals surface area contributed by atoms with Crippen molar-refractivity contribution in [3.63, 3.8) is 0 Å². The molecule has 1 aliphatic heterocycles. The Balaban J connectivity index is 2.22. The van der Waals surface area contributed by atoms with Gasteiger partial charge in [-0.15, -0.1) is 0 Å². The molecule has 0 aliphatic carbocycles. The second kappa shape index (κ2) is 5.11. The maximum Gasteiger partial charge on any atom is 0.122 e.